The lowest BCUT2D eigenvalue weighted by Gasteiger charge is -2.29. The summed E-state index contributed by atoms with van der Waals surface area (Å²) in [7, 11) is -2.50. The molecular weight excluding hydrogens is 251 g/mol. The third-order valence-corrected chi connectivity index (χ3v) is 3.69. The molecule has 1 fully saturated rings. The summed E-state index contributed by atoms with van der Waals surface area (Å²) >= 11 is 5.00. The number of hydrogen-bond donors (Lipinski definition) is 3. The summed E-state index contributed by atoms with van der Waals surface area (Å²) < 4.78 is 16.1. The first-order valence-electron chi connectivity index (χ1n) is 5.03. The monoisotopic (exact) mass is 267 g/mol. The van der Waals surface area contributed by atoms with Gasteiger partial charge in [0.25, 0.3) is 5.78 Å². The summed E-state index contributed by atoms with van der Waals surface area (Å²) in [6.07, 6.45) is 0.803. The Bertz CT molecular complexity index is 271. The van der Waals surface area contributed by atoms with Gasteiger partial charge in [-0.2, -0.15) is 10.4 Å². The standard InChI is InChI=1S/C8H15N2O4PS/c1-2-13-6-4-3-5(14-10-6)7(16)8(9)15(11)12/h5-6,8,10H,2-4,9H2,1H3/p+1/t5?,6-,8?/m0/s1. The van der Waals surface area contributed by atoms with E-state index in [0.717, 1.165) is 6.42 Å². The van der Waals surface area contributed by atoms with Crippen LogP contribution in [0.25, 0.3) is 0 Å². The largest absolute Gasteiger partial charge is 0.530 e. The highest BCUT2D eigenvalue weighted by molar-refractivity contribution is 7.81. The van der Waals surface area contributed by atoms with Crippen LogP contribution in [0.4, 0.5) is 0 Å². The van der Waals surface area contributed by atoms with Crippen LogP contribution in [0.1, 0.15) is 19.8 Å². The van der Waals surface area contributed by atoms with E-state index in [2.05, 4.69) is 5.48 Å². The van der Waals surface area contributed by atoms with E-state index < -0.39 is 19.9 Å². The molecule has 1 aliphatic heterocycles. The number of hydroxylamine groups is 1. The lowest BCUT2D eigenvalue weighted by molar-refractivity contribution is -0.136. The highest BCUT2D eigenvalue weighted by atomic mass is 32.1. The van der Waals surface area contributed by atoms with E-state index in [1.165, 1.54) is 0 Å². The van der Waals surface area contributed by atoms with Crippen molar-refractivity contribution in [2.45, 2.75) is 37.9 Å². The van der Waals surface area contributed by atoms with Gasteiger partial charge in [0.05, 0.1) is 4.86 Å². The number of nitrogens with one attached hydrogen (secondary N) is 1. The molecule has 0 bridgehead atoms. The van der Waals surface area contributed by atoms with Crippen LogP contribution < -0.4 is 11.2 Å². The maximum Gasteiger partial charge on any atom is 0.530 e. The Morgan fingerprint density at radius 1 is 1.81 bits per heavy atom. The number of rotatable bonds is 5. The number of ether oxygens (including phenoxy) is 1. The van der Waals surface area contributed by atoms with Crippen LogP contribution in [-0.4, -0.2) is 34.5 Å². The number of nitrogens with two attached hydrogens (primary N) is 1. The van der Waals surface area contributed by atoms with Crippen molar-refractivity contribution in [3.63, 3.8) is 0 Å². The molecular formula is C8H16N2O4PS+. The Labute approximate surface area is 100 Å². The van der Waals surface area contributed by atoms with E-state index in [0.29, 0.717) is 13.0 Å². The zero-order chi connectivity index (χ0) is 12.1. The fraction of sp³-hybridized carbons (Fsp3) is 0.875. The molecule has 0 aromatic rings. The van der Waals surface area contributed by atoms with Crippen molar-refractivity contribution in [3.8, 4) is 0 Å². The van der Waals surface area contributed by atoms with Crippen LogP contribution in [0.15, 0.2) is 0 Å². The van der Waals surface area contributed by atoms with Crippen LogP contribution in [0.2, 0.25) is 0 Å². The lowest BCUT2D eigenvalue weighted by atomic mass is 10.1. The molecule has 6 nitrogen and oxygen atoms in total. The van der Waals surface area contributed by atoms with Crippen LogP contribution in [-0.2, 0) is 14.1 Å². The van der Waals surface area contributed by atoms with Crippen LogP contribution in [0.5, 0.6) is 0 Å². The van der Waals surface area contributed by atoms with Crippen molar-refractivity contribution < 1.29 is 19.0 Å². The molecule has 3 unspecified atom stereocenters. The third-order valence-electron chi connectivity index (χ3n) is 2.25. The van der Waals surface area contributed by atoms with Crippen LogP contribution in [0, 0.1) is 0 Å². The molecule has 0 saturated carbocycles. The minimum absolute atomic E-state index is 0.150. The van der Waals surface area contributed by atoms with Gasteiger partial charge in [-0.3, -0.25) is 10.6 Å². The molecule has 8 heteroatoms. The molecule has 0 amide bonds. The molecule has 0 aliphatic carbocycles. The van der Waals surface area contributed by atoms with Gasteiger partial charge in [-0.15, -0.1) is 0 Å². The van der Waals surface area contributed by atoms with Gasteiger partial charge in [-0.1, -0.05) is 12.2 Å². The Morgan fingerprint density at radius 2 is 2.50 bits per heavy atom. The minimum atomic E-state index is -2.50. The quantitative estimate of drug-likeness (QED) is 0.491. The highest BCUT2D eigenvalue weighted by Gasteiger charge is 2.36. The Balaban J connectivity index is 2.41. The van der Waals surface area contributed by atoms with Gasteiger partial charge in [0.15, 0.2) is 0 Å². The smallest absolute Gasteiger partial charge is 0.362 e. The van der Waals surface area contributed by atoms with Gasteiger partial charge in [-0.25, -0.2) is 0 Å². The van der Waals surface area contributed by atoms with Crippen molar-refractivity contribution in [2.24, 2.45) is 5.73 Å². The van der Waals surface area contributed by atoms with Gasteiger partial charge >= 0.3 is 8.03 Å². The molecule has 0 aromatic heterocycles. The van der Waals surface area contributed by atoms with Crippen molar-refractivity contribution in [1.82, 2.24) is 5.48 Å². The molecule has 0 spiro atoms. The Kier molecular flexibility index (Phi) is 5.85. The Hall–Kier alpha value is -0.0100. The zero-order valence-electron chi connectivity index (χ0n) is 8.96. The minimum Gasteiger partial charge on any atom is -0.362 e. The first kappa shape index (κ1) is 14.1. The molecule has 1 rings (SSSR count). The maximum atomic E-state index is 10.8. The zero-order valence-corrected chi connectivity index (χ0v) is 10.7. The molecule has 92 valence electrons. The number of thiocarbonyl (C=S) groups is 1. The lowest BCUT2D eigenvalue weighted by Crippen LogP contribution is -2.47. The highest BCUT2D eigenvalue weighted by Crippen LogP contribution is 2.24. The predicted octanol–water partition coefficient (Wildman–Crippen LogP) is 0.422. The van der Waals surface area contributed by atoms with E-state index in [4.69, 9.17) is 32.4 Å². The van der Waals surface area contributed by atoms with Gasteiger partial charge in [0, 0.05) is 6.61 Å². The first-order valence-corrected chi connectivity index (χ1v) is 6.72. The van der Waals surface area contributed by atoms with Crippen LogP contribution in [0.3, 0.4) is 0 Å². The normalized spacial score (nSPS) is 28.6. The molecule has 16 heavy (non-hydrogen) atoms. The fourth-order valence-corrected chi connectivity index (χ4v) is 2.22. The summed E-state index contributed by atoms with van der Waals surface area (Å²) in [5.74, 6) is -1.01. The average molecular weight is 267 g/mol. The molecule has 1 saturated heterocycles. The molecule has 1 aliphatic rings. The average Bonchev–Trinajstić information content (AvgIpc) is 2.28. The van der Waals surface area contributed by atoms with E-state index in [9.17, 15) is 4.57 Å². The molecule has 1 heterocycles. The molecule has 4 N–H and O–H groups in total. The third kappa shape index (κ3) is 3.78. The number of hydrogen-bond acceptors (Lipinski definition) is 6. The fourth-order valence-electron chi connectivity index (χ4n) is 1.40. The van der Waals surface area contributed by atoms with Crippen molar-refractivity contribution in [1.29, 1.82) is 0 Å². The van der Waals surface area contributed by atoms with Gasteiger partial charge in [0.2, 0.25) is 0 Å². The summed E-state index contributed by atoms with van der Waals surface area (Å²) in [6.45, 7) is 2.49. The van der Waals surface area contributed by atoms with E-state index >= 15 is 0 Å². The van der Waals surface area contributed by atoms with E-state index in [1.807, 2.05) is 6.92 Å². The predicted molar refractivity (Wildman–Crippen MR) is 63.1 cm³/mol. The summed E-state index contributed by atoms with van der Waals surface area (Å²) in [4.78, 5) is 14.4. The van der Waals surface area contributed by atoms with Crippen molar-refractivity contribution in [2.75, 3.05) is 6.61 Å². The van der Waals surface area contributed by atoms with Gasteiger partial charge < -0.3 is 4.74 Å². The summed E-state index contributed by atoms with van der Waals surface area (Å²) in [5.41, 5.74) is 8.17. The van der Waals surface area contributed by atoms with Gasteiger partial charge in [0.1, 0.15) is 12.3 Å². The van der Waals surface area contributed by atoms with E-state index in [-0.39, 0.29) is 11.1 Å². The molecule has 4 atom stereocenters. The second kappa shape index (κ2) is 6.66. The first-order chi connectivity index (χ1) is 7.56. The summed E-state index contributed by atoms with van der Waals surface area (Å²) in [5, 5.41) is 0. The SMILES string of the molecule is CCO[C@H]1CCC(C(=S)C(N)[P+](=O)O)ON1. The molecule has 0 aromatic carbocycles. The second-order valence-corrected chi connectivity index (χ2v) is 5.03. The Morgan fingerprint density at radius 3 is 2.94 bits per heavy atom. The van der Waals surface area contributed by atoms with E-state index in [1.54, 1.807) is 0 Å². The maximum absolute atomic E-state index is 10.8. The van der Waals surface area contributed by atoms with Crippen LogP contribution >= 0.6 is 20.2 Å². The molecule has 0 radical (unpaired) electrons. The van der Waals surface area contributed by atoms with Crippen molar-refractivity contribution >= 4 is 25.1 Å². The van der Waals surface area contributed by atoms with Crippen molar-refractivity contribution in [3.05, 3.63) is 0 Å². The van der Waals surface area contributed by atoms with Gasteiger partial charge in [-0.05, 0) is 24.3 Å². The summed E-state index contributed by atoms with van der Waals surface area (Å²) in [6, 6.07) is 0. The second-order valence-electron chi connectivity index (χ2n) is 3.40. The topological polar surface area (TPSA) is 93.8 Å².